The number of benzene rings is 2. The molecule has 0 amide bonds. The van der Waals surface area contributed by atoms with Gasteiger partial charge in [0.2, 0.25) is 0 Å². The summed E-state index contributed by atoms with van der Waals surface area (Å²) >= 11 is 0. The number of para-hydroxylation sites is 1. The summed E-state index contributed by atoms with van der Waals surface area (Å²) in [6.45, 7) is 0. The minimum absolute atomic E-state index is 0.341. The summed E-state index contributed by atoms with van der Waals surface area (Å²) in [6, 6.07) is 15.0. The molecule has 0 saturated heterocycles. The molecule has 128 valence electrons. The number of phenols is 1. The van der Waals surface area contributed by atoms with Crippen LogP contribution in [0.5, 0.6) is 11.5 Å². The Bertz CT molecular complexity index is 659. The Balaban J connectivity index is 1.61. The molecule has 0 aromatic heterocycles. The fraction of sp³-hybridized carbons (Fsp3) is 0.400. The highest BCUT2D eigenvalue weighted by Gasteiger charge is 2.24. The zero-order valence-electron chi connectivity index (χ0n) is 13.8. The highest BCUT2D eigenvalue weighted by Crippen LogP contribution is 2.32. The van der Waals surface area contributed by atoms with Gasteiger partial charge in [-0.25, -0.2) is 0 Å². The molecule has 0 spiro atoms. The second kappa shape index (κ2) is 7.69. The molecule has 24 heavy (non-hydrogen) atoms. The van der Waals surface area contributed by atoms with Crippen molar-refractivity contribution < 1.29 is 14.9 Å². The Hall–Kier alpha value is -2.04. The van der Waals surface area contributed by atoms with Gasteiger partial charge in [-0.1, -0.05) is 30.3 Å². The summed E-state index contributed by atoms with van der Waals surface area (Å²) in [5.74, 6) is 1.39. The Kier molecular flexibility index (Phi) is 5.38. The van der Waals surface area contributed by atoms with Crippen LogP contribution in [0.25, 0.3) is 0 Å². The molecule has 4 N–H and O–H groups in total. The molecule has 0 fully saturated rings. The molecular formula is C20H25NO3. The number of fused-ring (bicyclic) bond motifs is 1. The van der Waals surface area contributed by atoms with Crippen LogP contribution in [-0.4, -0.2) is 22.5 Å². The fourth-order valence-electron chi connectivity index (χ4n) is 3.49. The van der Waals surface area contributed by atoms with Crippen molar-refractivity contribution in [3.05, 3.63) is 59.7 Å². The van der Waals surface area contributed by atoms with E-state index in [0.717, 1.165) is 31.2 Å². The lowest BCUT2D eigenvalue weighted by Gasteiger charge is -2.24. The van der Waals surface area contributed by atoms with Crippen LogP contribution in [-0.2, 0) is 12.8 Å². The maximum atomic E-state index is 10.4. The Morgan fingerprint density at radius 1 is 1.12 bits per heavy atom. The molecule has 0 bridgehead atoms. The Labute approximate surface area is 142 Å². The first-order chi connectivity index (χ1) is 11.6. The lowest BCUT2D eigenvalue weighted by Crippen LogP contribution is -2.41. The van der Waals surface area contributed by atoms with Gasteiger partial charge in [-0.15, -0.1) is 0 Å². The van der Waals surface area contributed by atoms with E-state index in [0.29, 0.717) is 23.8 Å². The normalized spacial score (nSPS) is 19.8. The molecule has 1 aliphatic carbocycles. The van der Waals surface area contributed by atoms with Gasteiger partial charge in [-0.3, -0.25) is 5.73 Å². The first kappa shape index (κ1) is 16.8. The van der Waals surface area contributed by atoms with Gasteiger partial charge in [0.05, 0.1) is 0 Å². The average Bonchev–Trinajstić information content (AvgIpc) is 2.78. The first-order valence-electron chi connectivity index (χ1n) is 8.58. The number of aliphatic hydroxyl groups excluding tert-OH is 1. The van der Waals surface area contributed by atoms with Gasteiger partial charge in [0.1, 0.15) is 17.6 Å². The summed E-state index contributed by atoms with van der Waals surface area (Å²) in [7, 11) is 0. The van der Waals surface area contributed by atoms with Crippen LogP contribution in [0.2, 0.25) is 0 Å². The lowest BCUT2D eigenvalue weighted by atomic mass is 9.91. The Morgan fingerprint density at radius 3 is 2.71 bits per heavy atom. The number of hydrogen-bond acceptors (Lipinski definition) is 4. The van der Waals surface area contributed by atoms with Crippen molar-refractivity contribution in [2.75, 3.05) is 0 Å². The van der Waals surface area contributed by atoms with Crippen LogP contribution in [0.15, 0.2) is 48.5 Å². The second-order valence-corrected chi connectivity index (χ2v) is 6.58. The molecule has 3 rings (SSSR count). The monoisotopic (exact) mass is 327 g/mol. The number of phenolic OH excluding ortho intramolecular Hbond substituents is 1. The van der Waals surface area contributed by atoms with Crippen molar-refractivity contribution in [1.82, 2.24) is 0 Å². The minimum Gasteiger partial charge on any atom is -0.508 e. The van der Waals surface area contributed by atoms with Crippen molar-refractivity contribution in [1.29, 1.82) is 0 Å². The number of rotatable bonds is 5. The van der Waals surface area contributed by atoms with Crippen molar-refractivity contribution in [2.45, 2.75) is 44.4 Å². The van der Waals surface area contributed by atoms with Crippen molar-refractivity contribution in [3.8, 4) is 11.5 Å². The molecule has 0 aliphatic heterocycles. The first-order valence-corrected chi connectivity index (χ1v) is 8.58. The summed E-state index contributed by atoms with van der Waals surface area (Å²) in [6.07, 6.45) is 2.93. The number of aromatic hydroxyl groups is 1. The summed E-state index contributed by atoms with van der Waals surface area (Å²) in [5.41, 5.74) is 8.25. The molecule has 4 heteroatoms. The highest BCUT2D eigenvalue weighted by atomic mass is 16.5. The molecule has 0 saturated carbocycles. The molecule has 2 unspecified atom stereocenters. The average molecular weight is 327 g/mol. The van der Waals surface area contributed by atoms with E-state index in [2.05, 4.69) is 6.07 Å². The van der Waals surface area contributed by atoms with Gasteiger partial charge in [-0.05, 0) is 67.3 Å². The third kappa shape index (κ3) is 4.08. The summed E-state index contributed by atoms with van der Waals surface area (Å²) < 4.78 is 5.63. The number of hydrogen-bond donors (Lipinski definition) is 3. The molecule has 0 radical (unpaired) electrons. The van der Waals surface area contributed by atoms with E-state index in [9.17, 15) is 10.2 Å². The van der Waals surface area contributed by atoms with E-state index in [1.165, 1.54) is 5.56 Å². The third-order valence-corrected chi connectivity index (χ3v) is 4.77. The zero-order valence-corrected chi connectivity index (χ0v) is 13.8. The predicted octanol–water partition coefficient (Wildman–Crippen LogP) is 3.00. The fourth-order valence-corrected chi connectivity index (χ4v) is 3.49. The van der Waals surface area contributed by atoms with Crippen LogP contribution >= 0.6 is 0 Å². The van der Waals surface area contributed by atoms with Gasteiger partial charge in [0.25, 0.3) is 0 Å². The third-order valence-electron chi connectivity index (χ3n) is 4.77. The Morgan fingerprint density at radius 2 is 1.92 bits per heavy atom. The lowest BCUT2D eigenvalue weighted by molar-refractivity contribution is 0.0229. The van der Waals surface area contributed by atoms with E-state index in [4.69, 9.17) is 10.5 Å². The van der Waals surface area contributed by atoms with Crippen molar-refractivity contribution in [2.24, 2.45) is 11.7 Å². The van der Waals surface area contributed by atoms with Crippen LogP contribution in [0.3, 0.4) is 0 Å². The van der Waals surface area contributed by atoms with Gasteiger partial charge < -0.3 is 14.9 Å². The molecule has 3 atom stereocenters. The van der Waals surface area contributed by atoms with Gasteiger partial charge in [0, 0.05) is 0 Å². The molecular weight excluding hydrogens is 302 g/mol. The number of nitrogens with two attached hydrogens (primary N) is 1. The van der Waals surface area contributed by atoms with Crippen molar-refractivity contribution >= 4 is 0 Å². The molecule has 1 aliphatic rings. The van der Waals surface area contributed by atoms with Crippen LogP contribution in [0.1, 0.15) is 30.4 Å². The standard InChI is InChI=1S/C20H25NO3/c21-20(24-16-8-2-1-3-9-16)19(23)13-14-6-4-10-17-15(12-14)7-5-11-18(17)22/h1-3,5,7-9,11,14,19-20,22-23H,4,6,10,12-13,21H2/t14?,19-,20?/m0/s1. The van der Waals surface area contributed by atoms with Crippen molar-refractivity contribution in [3.63, 3.8) is 0 Å². The molecule has 2 aromatic rings. The largest absolute Gasteiger partial charge is 0.508 e. The zero-order chi connectivity index (χ0) is 16.9. The maximum absolute atomic E-state index is 10.4. The van der Waals surface area contributed by atoms with E-state index in [-0.39, 0.29) is 0 Å². The van der Waals surface area contributed by atoms with E-state index < -0.39 is 12.3 Å². The van der Waals surface area contributed by atoms with E-state index in [1.807, 2.05) is 36.4 Å². The molecule has 2 aromatic carbocycles. The highest BCUT2D eigenvalue weighted by molar-refractivity contribution is 5.40. The SMILES string of the molecule is NC(Oc1ccccc1)[C@@H](O)CC1CCCc2c(O)cccc2C1. The molecule has 4 nitrogen and oxygen atoms in total. The summed E-state index contributed by atoms with van der Waals surface area (Å²) in [4.78, 5) is 0. The van der Waals surface area contributed by atoms with Crippen LogP contribution in [0.4, 0.5) is 0 Å². The van der Waals surface area contributed by atoms with E-state index in [1.54, 1.807) is 6.07 Å². The van der Waals surface area contributed by atoms with Crippen LogP contribution < -0.4 is 10.5 Å². The maximum Gasteiger partial charge on any atom is 0.173 e. The van der Waals surface area contributed by atoms with Gasteiger partial charge >= 0.3 is 0 Å². The van der Waals surface area contributed by atoms with E-state index >= 15 is 0 Å². The quantitative estimate of drug-likeness (QED) is 0.583. The van der Waals surface area contributed by atoms with Gasteiger partial charge in [-0.2, -0.15) is 0 Å². The summed E-state index contributed by atoms with van der Waals surface area (Å²) in [5, 5.41) is 20.4. The molecule has 0 heterocycles. The number of aliphatic hydroxyl groups is 1. The van der Waals surface area contributed by atoms with Gasteiger partial charge in [0.15, 0.2) is 6.23 Å². The predicted molar refractivity (Wildman–Crippen MR) is 93.9 cm³/mol. The van der Waals surface area contributed by atoms with Crippen LogP contribution in [0, 0.1) is 5.92 Å². The topological polar surface area (TPSA) is 75.7 Å². The second-order valence-electron chi connectivity index (χ2n) is 6.58. The minimum atomic E-state index is -0.737. The number of ether oxygens (including phenoxy) is 1. The smallest absolute Gasteiger partial charge is 0.173 e.